The van der Waals surface area contributed by atoms with Gasteiger partial charge in [0.2, 0.25) is 0 Å². The first-order valence-corrected chi connectivity index (χ1v) is 5.30. The minimum atomic E-state index is -0.525. The molecule has 14 heavy (non-hydrogen) atoms. The zero-order valence-electron chi connectivity index (χ0n) is 8.24. The number of carbonyl (C=O) groups excluding carboxylic acids is 1. The Morgan fingerprint density at radius 1 is 1.36 bits per heavy atom. The number of ether oxygens (including phenoxy) is 1. The van der Waals surface area contributed by atoms with Crippen molar-refractivity contribution in [3.05, 3.63) is 0 Å². The molecule has 0 radical (unpaired) electrons. The van der Waals surface area contributed by atoms with Crippen LogP contribution in [-0.4, -0.2) is 18.0 Å². The van der Waals surface area contributed by atoms with Crippen LogP contribution in [0.2, 0.25) is 0 Å². The van der Waals surface area contributed by atoms with Crippen LogP contribution < -0.4 is 5.73 Å². The summed E-state index contributed by atoms with van der Waals surface area (Å²) in [5, 5.41) is 0. The van der Waals surface area contributed by atoms with Gasteiger partial charge < -0.3 is 10.5 Å². The normalized spacial score (nSPS) is 28.7. The number of hydrogen-bond donors (Lipinski definition) is 1. The van der Waals surface area contributed by atoms with Crippen molar-refractivity contribution in [2.45, 2.75) is 44.6 Å². The molecule has 2 N–H and O–H groups in total. The molecule has 1 amide bonds. The van der Waals surface area contributed by atoms with E-state index in [1.165, 1.54) is 32.1 Å². The molecule has 1 aliphatic heterocycles. The molecule has 2 rings (SSSR count). The Balaban J connectivity index is 1.85. The van der Waals surface area contributed by atoms with Crippen molar-refractivity contribution in [1.29, 1.82) is 0 Å². The molecule has 4 nitrogen and oxygen atoms in total. The van der Waals surface area contributed by atoms with Crippen molar-refractivity contribution in [3.63, 3.8) is 0 Å². The van der Waals surface area contributed by atoms with Gasteiger partial charge in [0.25, 0.3) is 0 Å². The predicted octanol–water partition coefficient (Wildman–Crippen LogP) is 1.83. The molecule has 1 atom stereocenters. The third-order valence-corrected chi connectivity index (χ3v) is 3.07. The third-order valence-electron chi connectivity index (χ3n) is 3.07. The second kappa shape index (κ2) is 3.98. The Bertz CT molecular complexity index is 257. The summed E-state index contributed by atoms with van der Waals surface area (Å²) in [7, 11) is 0. The van der Waals surface area contributed by atoms with Crippen molar-refractivity contribution in [1.82, 2.24) is 0 Å². The number of carbonyl (C=O) groups is 1. The summed E-state index contributed by atoms with van der Waals surface area (Å²) in [6.07, 6.45) is 6.49. The molecule has 0 saturated heterocycles. The maximum absolute atomic E-state index is 10.8. The van der Waals surface area contributed by atoms with Crippen molar-refractivity contribution < 1.29 is 9.53 Å². The van der Waals surface area contributed by atoms with Gasteiger partial charge in [0, 0.05) is 0 Å². The zero-order chi connectivity index (χ0) is 9.97. The van der Waals surface area contributed by atoms with E-state index in [0.29, 0.717) is 11.8 Å². The molecule has 0 bridgehead atoms. The van der Waals surface area contributed by atoms with Crippen LogP contribution in [0.25, 0.3) is 0 Å². The highest BCUT2D eigenvalue weighted by atomic mass is 16.6. The Labute approximate surface area is 83.5 Å². The number of aliphatic imine (C=N–C) groups is 1. The smallest absolute Gasteiger partial charge is 0.436 e. The molecule has 0 spiro atoms. The zero-order valence-corrected chi connectivity index (χ0v) is 8.24. The maximum Gasteiger partial charge on any atom is 0.436 e. The number of nitrogens with zero attached hydrogens (tertiary/aromatic N) is 1. The quantitative estimate of drug-likeness (QED) is 0.732. The van der Waals surface area contributed by atoms with Crippen molar-refractivity contribution >= 4 is 11.9 Å². The van der Waals surface area contributed by atoms with Crippen LogP contribution in [-0.2, 0) is 4.74 Å². The van der Waals surface area contributed by atoms with E-state index in [2.05, 4.69) is 4.99 Å². The van der Waals surface area contributed by atoms with Crippen LogP contribution in [0, 0.1) is 5.92 Å². The topological polar surface area (TPSA) is 64.7 Å². The molecule has 0 aromatic rings. The third kappa shape index (κ3) is 2.05. The van der Waals surface area contributed by atoms with Gasteiger partial charge in [-0.05, 0) is 12.3 Å². The van der Waals surface area contributed by atoms with Crippen molar-refractivity contribution in [2.75, 3.05) is 0 Å². The molecular formula is C10H16N2O2. The fourth-order valence-electron chi connectivity index (χ4n) is 2.28. The highest BCUT2D eigenvalue weighted by molar-refractivity contribution is 5.98. The molecule has 1 saturated carbocycles. The number of hydrogen-bond acceptors (Lipinski definition) is 3. The molecule has 1 aliphatic carbocycles. The van der Waals surface area contributed by atoms with Gasteiger partial charge in [0.05, 0.1) is 0 Å². The van der Waals surface area contributed by atoms with Crippen LogP contribution in [0.3, 0.4) is 0 Å². The van der Waals surface area contributed by atoms with Gasteiger partial charge in [-0.15, -0.1) is 0 Å². The maximum atomic E-state index is 10.8. The second-order valence-corrected chi connectivity index (χ2v) is 4.15. The minimum Gasteiger partial charge on any atom is -0.436 e. The lowest BCUT2D eigenvalue weighted by Crippen LogP contribution is -2.29. The van der Waals surface area contributed by atoms with Crippen LogP contribution >= 0.6 is 0 Å². The number of rotatable bonds is 2. The largest absolute Gasteiger partial charge is 0.436 e. The summed E-state index contributed by atoms with van der Waals surface area (Å²) in [5.41, 5.74) is 5.59. The Morgan fingerprint density at radius 3 is 2.64 bits per heavy atom. The van der Waals surface area contributed by atoms with Gasteiger partial charge in [-0.3, -0.25) is 0 Å². The lowest BCUT2D eigenvalue weighted by molar-refractivity contribution is 0.130. The average Bonchev–Trinajstić information content (AvgIpc) is 2.47. The molecule has 1 fully saturated rings. The van der Waals surface area contributed by atoms with Gasteiger partial charge in [0.15, 0.2) is 6.10 Å². The van der Waals surface area contributed by atoms with E-state index in [4.69, 9.17) is 10.5 Å². The van der Waals surface area contributed by atoms with Gasteiger partial charge in [-0.25, -0.2) is 4.79 Å². The van der Waals surface area contributed by atoms with Gasteiger partial charge >= 0.3 is 6.09 Å². The van der Waals surface area contributed by atoms with Crippen LogP contribution in [0.4, 0.5) is 4.79 Å². The van der Waals surface area contributed by atoms with E-state index in [-0.39, 0.29) is 6.10 Å². The highest BCUT2D eigenvalue weighted by Crippen LogP contribution is 2.29. The first kappa shape index (κ1) is 9.49. The first-order chi connectivity index (χ1) is 6.75. The van der Waals surface area contributed by atoms with E-state index in [0.717, 1.165) is 6.42 Å². The summed E-state index contributed by atoms with van der Waals surface area (Å²) in [4.78, 5) is 14.4. The summed E-state index contributed by atoms with van der Waals surface area (Å²) < 4.78 is 5.01. The standard InChI is InChI=1S/C10H16N2O2/c11-9-8(14-10(13)12-9)6-7-4-2-1-3-5-7/h7-8H,1-6H2,(H2,11,12,13). The lowest BCUT2D eigenvalue weighted by atomic mass is 9.85. The SMILES string of the molecule is NC1=NC(=O)OC1CC1CCCCC1. The minimum absolute atomic E-state index is 0.245. The molecule has 0 aromatic carbocycles. The Hall–Kier alpha value is -1.06. The molecule has 2 aliphatic rings. The number of amides is 1. The Morgan fingerprint density at radius 2 is 2.07 bits per heavy atom. The summed E-state index contributed by atoms with van der Waals surface area (Å²) >= 11 is 0. The summed E-state index contributed by atoms with van der Waals surface area (Å²) in [6.45, 7) is 0. The molecule has 1 heterocycles. The van der Waals surface area contributed by atoms with Crippen molar-refractivity contribution in [2.24, 2.45) is 16.6 Å². The van der Waals surface area contributed by atoms with E-state index in [1.807, 2.05) is 0 Å². The molecular weight excluding hydrogens is 180 g/mol. The van der Waals surface area contributed by atoms with E-state index >= 15 is 0 Å². The van der Waals surface area contributed by atoms with Crippen molar-refractivity contribution in [3.8, 4) is 0 Å². The van der Waals surface area contributed by atoms with Gasteiger partial charge in [-0.1, -0.05) is 32.1 Å². The van der Waals surface area contributed by atoms with E-state index < -0.39 is 6.09 Å². The highest BCUT2D eigenvalue weighted by Gasteiger charge is 2.29. The monoisotopic (exact) mass is 196 g/mol. The summed E-state index contributed by atoms with van der Waals surface area (Å²) in [6, 6.07) is 0. The van der Waals surface area contributed by atoms with Gasteiger partial charge in [0.1, 0.15) is 5.84 Å². The number of nitrogens with two attached hydrogens (primary N) is 1. The fraction of sp³-hybridized carbons (Fsp3) is 0.800. The van der Waals surface area contributed by atoms with Crippen LogP contribution in [0.1, 0.15) is 38.5 Å². The van der Waals surface area contributed by atoms with E-state index in [9.17, 15) is 4.79 Å². The molecule has 78 valence electrons. The van der Waals surface area contributed by atoms with Gasteiger partial charge in [-0.2, -0.15) is 4.99 Å². The summed E-state index contributed by atoms with van der Waals surface area (Å²) in [5.74, 6) is 1.02. The predicted molar refractivity (Wildman–Crippen MR) is 53.1 cm³/mol. The fourth-order valence-corrected chi connectivity index (χ4v) is 2.28. The average molecular weight is 196 g/mol. The van der Waals surface area contributed by atoms with E-state index in [1.54, 1.807) is 0 Å². The Kier molecular flexibility index (Phi) is 2.70. The van der Waals surface area contributed by atoms with Crippen LogP contribution in [0.5, 0.6) is 0 Å². The molecule has 4 heteroatoms. The van der Waals surface area contributed by atoms with Crippen LogP contribution in [0.15, 0.2) is 4.99 Å². The first-order valence-electron chi connectivity index (χ1n) is 5.30. The number of cyclic esters (lactones) is 1. The number of amidine groups is 1. The molecule has 1 unspecified atom stereocenters. The molecule has 0 aromatic heterocycles. The lowest BCUT2D eigenvalue weighted by Gasteiger charge is -2.23. The second-order valence-electron chi connectivity index (χ2n) is 4.15.